The summed E-state index contributed by atoms with van der Waals surface area (Å²) in [6.45, 7) is 4.94. The summed E-state index contributed by atoms with van der Waals surface area (Å²) in [5.41, 5.74) is 25.3. The van der Waals surface area contributed by atoms with Crippen molar-refractivity contribution >= 4 is 0 Å². The van der Waals surface area contributed by atoms with Gasteiger partial charge in [-0.2, -0.15) is 0 Å². The summed E-state index contributed by atoms with van der Waals surface area (Å²) in [7, 11) is 0. The summed E-state index contributed by atoms with van der Waals surface area (Å²) in [6, 6.07) is 0. The molecular formula is C76H118O3. The van der Waals surface area contributed by atoms with Crippen LogP contribution in [-0.4, -0.2) is 0 Å². The van der Waals surface area contributed by atoms with Crippen LogP contribution in [0.2, 0.25) is 0 Å². The predicted molar refractivity (Wildman–Crippen MR) is 334 cm³/mol. The first-order chi connectivity index (χ1) is 39.1. The number of hydrogen-bond donors (Lipinski definition) is 0. The molecular weight excluding hydrogens is 961 g/mol. The normalized spacial score (nSPS) is 27.4. The molecule has 79 heavy (non-hydrogen) atoms. The Kier molecular flexibility index (Phi) is 27.6. The van der Waals surface area contributed by atoms with Gasteiger partial charge in [0.25, 0.3) is 0 Å². The Labute approximate surface area is 487 Å². The Balaban J connectivity index is 1.43. The minimum atomic E-state index is -0.570. The van der Waals surface area contributed by atoms with Crippen molar-refractivity contribution in [3.8, 4) is 0 Å². The zero-order chi connectivity index (χ0) is 54.5. The Hall–Kier alpha value is -3.04. The van der Waals surface area contributed by atoms with Gasteiger partial charge >= 0.3 is 0 Å². The minimum absolute atomic E-state index is 0.570. The van der Waals surface area contributed by atoms with Crippen LogP contribution in [0.4, 0.5) is 0 Å². The van der Waals surface area contributed by atoms with Crippen LogP contribution in [0.25, 0.3) is 0 Å². The molecule has 2 saturated heterocycles. The zero-order valence-corrected chi connectivity index (χ0v) is 51.8. The van der Waals surface area contributed by atoms with Crippen molar-refractivity contribution in [2.45, 2.75) is 373 Å². The van der Waals surface area contributed by atoms with Crippen LogP contribution >= 0.6 is 0 Å². The zero-order valence-electron chi connectivity index (χ0n) is 51.8. The fourth-order valence-electron chi connectivity index (χ4n) is 15.3. The number of rotatable bonds is 6. The Morgan fingerprint density at radius 2 is 0.494 bits per heavy atom. The molecule has 8 fully saturated rings. The third-order valence-corrected chi connectivity index (χ3v) is 20.5. The smallest absolute Gasteiger partial charge is 0.169 e. The van der Waals surface area contributed by atoms with Crippen molar-refractivity contribution in [1.82, 2.24) is 0 Å². The lowest BCUT2D eigenvalue weighted by atomic mass is 9.69. The van der Waals surface area contributed by atoms with Crippen LogP contribution in [0.3, 0.4) is 0 Å². The summed E-state index contributed by atoms with van der Waals surface area (Å²) < 4.78 is 23.6. The quantitative estimate of drug-likeness (QED) is 0.196. The topological polar surface area (TPSA) is 27.7 Å². The van der Waals surface area contributed by atoms with E-state index in [4.69, 9.17) is 14.2 Å². The molecule has 0 radical (unpaired) electrons. The van der Waals surface area contributed by atoms with Gasteiger partial charge in [-0.05, 0) is 200 Å². The standard InChI is InChI=1S/C76H118O3/c1-3-75(71(61-65-51-39-27-15-7-16-28-40-52-65)78-73(75)67-55-43-31-19-9-20-32-44-56-67)69(59-63-47-35-23-11-5-12-24-36-48-63)77-70(60-64-49-37-25-13-6-14-26-38-50-64)76(4-2)72(62-66-53-41-29-17-8-18-30-42-54-66)79-74(76)68-57-45-33-21-10-22-34-46-58-68/h3-58H2,1-2H3. The van der Waals surface area contributed by atoms with Crippen LogP contribution in [-0.2, 0) is 14.2 Å². The third kappa shape index (κ3) is 18.5. The van der Waals surface area contributed by atoms with Gasteiger partial charge in [-0.3, -0.25) is 0 Å². The molecule has 0 aromatic rings. The average Bonchev–Trinajstić information content (AvgIpc) is 3.57. The summed E-state index contributed by atoms with van der Waals surface area (Å²) in [6.07, 6.45) is 70.6. The van der Waals surface area contributed by atoms with Gasteiger partial charge in [0.15, 0.2) is 33.9 Å². The average molecular weight is 1080 g/mol. The van der Waals surface area contributed by atoms with E-state index >= 15 is 0 Å². The summed E-state index contributed by atoms with van der Waals surface area (Å²) in [4.78, 5) is 0. The highest BCUT2D eigenvalue weighted by Gasteiger charge is 2.60. The highest BCUT2D eigenvalue weighted by atomic mass is 16.5. The van der Waals surface area contributed by atoms with Crippen molar-refractivity contribution in [2.75, 3.05) is 0 Å². The molecule has 2 heterocycles. The van der Waals surface area contributed by atoms with Gasteiger partial charge in [-0.1, -0.05) is 229 Å². The van der Waals surface area contributed by atoms with Crippen molar-refractivity contribution in [1.29, 1.82) is 0 Å². The van der Waals surface area contributed by atoms with E-state index in [0.29, 0.717) is 0 Å². The molecule has 0 aromatic heterocycles. The first-order valence-electron chi connectivity index (χ1n) is 35.6. The molecule has 6 saturated carbocycles. The van der Waals surface area contributed by atoms with Gasteiger partial charge in [-0.25, -0.2) is 0 Å². The molecule has 0 bridgehead atoms. The summed E-state index contributed by atoms with van der Waals surface area (Å²) >= 11 is 0. The number of allylic oxidation sites excluding steroid dienone is 2. The van der Waals surface area contributed by atoms with Crippen LogP contribution in [0.1, 0.15) is 373 Å². The molecule has 0 amide bonds. The van der Waals surface area contributed by atoms with Gasteiger partial charge in [0.2, 0.25) is 0 Å². The monoisotopic (exact) mass is 1080 g/mol. The van der Waals surface area contributed by atoms with Crippen LogP contribution in [0, 0.1) is 10.8 Å². The van der Waals surface area contributed by atoms with E-state index in [1.807, 2.05) is 0 Å². The van der Waals surface area contributed by atoms with Gasteiger partial charge in [0.05, 0.1) is 0 Å². The van der Waals surface area contributed by atoms with E-state index in [1.165, 1.54) is 303 Å². The second-order valence-corrected chi connectivity index (χ2v) is 26.8. The van der Waals surface area contributed by atoms with E-state index in [2.05, 4.69) is 36.8 Å². The molecule has 440 valence electrons. The lowest BCUT2D eigenvalue weighted by Gasteiger charge is -2.49. The molecule has 8 aliphatic rings. The molecule has 0 aromatic carbocycles. The number of ether oxygens (including phenoxy) is 3. The van der Waals surface area contributed by atoms with E-state index in [-0.39, 0.29) is 0 Å². The molecule has 3 heteroatoms. The highest BCUT2D eigenvalue weighted by Crippen LogP contribution is 2.63. The number of hydrogen-bond acceptors (Lipinski definition) is 3. The van der Waals surface area contributed by atoms with Crippen molar-refractivity contribution < 1.29 is 14.2 Å². The molecule has 2 unspecified atom stereocenters. The maximum atomic E-state index is 8.55. The molecule has 6 aliphatic carbocycles. The van der Waals surface area contributed by atoms with Crippen molar-refractivity contribution in [3.63, 3.8) is 0 Å². The maximum absolute atomic E-state index is 8.55. The SMILES string of the molecule is CCC1(C(=C=C2CCCCCCCCC2)OC(=C=C2CCCCCCCCC2)C2(CC)C(=C=C3CCCCCCCCC3)OC2=C2CCCCCCCCC2)C(=C=C2CCCCCCCCC2)OC1=C1CCCCCCCCC1. The Morgan fingerprint density at radius 1 is 0.291 bits per heavy atom. The third-order valence-electron chi connectivity index (χ3n) is 20.5. The molecule has 3 nitrogen and oxygen atoms in total. The van der Waals surface area contributed by atoms with E-state index in [9.17, 15) is 0 Å². The maximum Gasteiger partial charge on any atom is 0.169 e. The largest absolute Gasteiger partial charge is 0.455 e. The Bertz CT molecular complexity index is 2000. The van der Waals surface area contributed by atoms with Gasteiger partial charge in [-0.15, -0.1) is 0 Å². The van der Waals surface area contributed by atoms with Crippen LogP contribution in [0.15, 0.2) is 90.9 Å². The van der Waals surface area contributed by atoms with Gasteiger partial charge in [0, 0.05) is 0 Å². The molecule has 2 aliphatic heterocycles. The fraction of sp³-hybridized carbons (Fsp3) is 0.789. The van der Waals surface area contributed by atoms with Gasteiger partial charge in [0.1, 0.15) is 11.5 Å². The summed E-state index contributed by atoms with van der Waals surface area (Å²) in [5, 5.41) is 0. The predicted octanol–water partition coefficient (Wildman–Crippen LogP) is 25.1. The van der Waals surface area contributed by atoms with Crippen molar-refractivity contribution in [3.05, 3.63) is 90.9 Å². The second-order valence-electron chi connectivity index (χ2n) is 26.8. The molecule has 8 rings (SSSR count). The van der Waals surface area contributed by atoms with Gasteiger partial charge < -0.3 is 14.2 Å². The van der Waals surface area contributed by atoms with Crippen LogP contribution < -0.4 is 0 Å². The van der Waals surface area contributed by atoms with E-state index in [1.54, 1.807) is 11.1 Å². The first kappa shape index (κ1) is 62.0. The minimum Gasteiger partial charge on any atom is -0.455 e. The van der Waals surface area contributed by atoms with Crippen molar-refractivity contribution in [2.24, 2.45) is 10.8 Å². The van der Waals surface area contributed by atoms with E-state index < -0.39 is 10.8 Å². The highest BCUT2D eigenvalue weighted by molar-refractivity contribution is 5.49. The lowest BCUT2D eigenvalue weighted by molar-refractivity contribution is -0.00650. The molecule has 0 N–H and O–H groups in total. The second kappa shape index (κ2) is 35.2. The molecule has 2 atom stereocenters. The fourth-order valence-corrected chi connectivity index (χ4v) is 15.3. The molecule has 0 spiro atoms. The first-order valence-corrected chi connectivity index (χ1v) is 35.6. The van der Waals surface area contributed by atoms with Crippen LogP contribution in [0.5, 0.6) is 0 Å². The Morgan fingerprint density at radius 3 is 0.722 bits per heavy atom. The summed E-state index contributed by atoms with van der Waals surface area (Å²) in [5.74, 6) is 6.53. The lowest BCUT2D eigenvalue weighted by Crippen LogP contribution is -2.44. The van der Waals surface area contributed by atoms with E-state index in [0.717, 1.165) is 113 Å².